The Morgan fingerprint density at radius 3 is 1.92 bits per heavy atom. The molecule has 0 radical (unpaired) electrons. The lowest BCUT2D eigenvalue weighted by Crippen LogP contribution is -2.52. The highest BCUT2D eigenvalue weighted by Crippen LogP contribution is 2.29. The highest BCUT2D eigenvalue weighted by Gasteiger charge is 2.39. The summed E-state index contributed by atoms with van der Waals surface area (Å²) in [5.74, 6) is 0.566. The molecule has 2 saturated carbocycles. The normalized spacial score (nSPS) is 28.3. The summed E-state index contributed by atoms with van der Waals surface area (Å²) in [5.41, 5.74) is 0. The Morgan fingerprint density at radius 2 is 1.40 bits per heavy atom. The zero-order valence-corrected chi connectivity index (χ0v) is 16.5. The average Bonchev–Trinajstić information content (AvgIpc) is 2.96. The maximum absolute atomic E-state index is 13.2. The number of hydrogen-bond donors (Lipinski definition) is 0. The second-order valence-electron chi connectivity index (χ2n) is 8.36. The van der Waals surface area contributed by atoms with Crippen LogP contribution in [0.3, 0.4) is 0 Å². The van der Waals surface area contributed by atoms with Crippen molar-refractivity contribution in [3.05, 3.63) is 0 Å². The number of rotatable bonds is 5. The van der Waals surface area contributed by atoms with Gasteiger partial charge in [0, 0.05) is 18.1 Å². The van der Waals surface area contributed by atoms with E-state index in [1.165, 1.54) is 38.5 Å². The van der Waals surface area contributed by atoms with Crippen molar-refractivity contribution in [2.75, 3.05) is 25.1 Å². The predicted octanol–water partition coefficient (Wildman–Crippen LogP) is 2.60. The molecule has 3 aliphatic rings. The van der Waals surface area contributed by atoms with E-state index in [1.807, 2.05) is 4.90 Å². The largest absolute Gasteiger partial charge is 0.335 e. The highest BCUT2D eigenvalue weighted by molar-refractivity contribution is 7.91. The van der Waals surface area contributed by atoms with Gasteiger partial charge in [-0.05, 0) is 39.2 Å². The maximum Gasteiger partial charge on any atom is 0.237 e. The molecule has 0 N–H and O–H groups in total. The molecule has 0 aromatic heterocycles. The number of sulfone groups is 1. The third-order valence-corrected chi connectivity index (χ3v) is 8.19. The third-order valence-electron chi connectivity index (χ3n) is 6.44. The van der Waals surface area contributed by atoms with Gasteiger partial charge in [0.25, 0.3) is 0 Å². The van der Waals surface area contributed by atoms with Gasteiger partial charge < -0.3 is 4.90 Å². The lowest BCUT2D eigenvalue weighted by molar-refractivity contribution is -0.138. The van der Waals surface area contributed by atoms with Gasteiger partial charge in [0.05, 0.1) is 18.1 Å². The van der Waals surface area contributed by atoms with Crippen molar-refractivity contribution in [1.82, 2.24) is 9.80 Å². The Kier molecular flexibility index (Phi) is 6.42. The fourth-order valence-electron chi connectivity index (χ4n) is 5.01. The summed E-state index contributed by atoms with van der Waals surface area (Å²) in [7, 11) is -0.901. The summed E-state index contributed by atoms with van der Waals surface area (Å²) >= 11 is 0. The molecule has 1 aliphatic heterocycles. The van der Waals surface area contributed by atoms with Gasteiger partial charge >= 0.3 is 0 Å². The number of nitrogens with zero attached hydrogens (tertiary/aromatic N) is 2. The Hall–Kier alpha value is -0.620. The molecule has 1 unspecified atom stereocenters. The van der Waals surface area contributed by atoms with Crippen molar-refractivity contribution in [3.63, 3.8) is 0 Å². The molecule has 0 spiro atoms. The molecule has 2 aliphatic carbocycles. The molecule has 5 nitrogen and oxygen atoms in total. The SMILES string of the molecule is CN(CC(=O)N(C1CCCCC1)C1CCS(=O)(=O)C1)C1CCCCC1. The van der Waals surface area contributed by atoms with Gasteiger partial charge in [0.1, 0.15) is 0 Å². The van der Waals surface area contributed by atoms with E-state index in [2.05, 4.69) is 11.9 Å². The molecular formula is C19H34N2O3S. The molecule has 0 bridgehead atoms. The van der Waals surface area contributed by atoms with E-state index in [1.54, 1.807) is 0 Å². The minimum absolute atomic E-state index is 0.0969. The number of amides is 1. The molecule has 0 aromatic rings. The molecule has 3 fully saturated rings. The van der Waals surface area contributed by atoms with Crippen molar-refractivity contribution in [3.8, 4) is 0 Å². The first-order chi connectivity index (χ1) is 12.0. The summed E-state index contributed by atoms with van der Waals surface area (Å²) in [6.07, 6.45) is 12.5. The van der Waals surface area contributed by atoms with Gasteiger partial charge in [-0.15, -0.1) is 0 Å². The Bertz CT molecular complexity index is 551. The van der Waals surface area contributed by atoms with Crippen molar-refractivity contribution >= 4 is 15.7 Å². The van der Waals surface area contributed by atoms with Crippen LogP contribution in [-0.4, -0.2) is 67.3 Å². The summed E-state index contributed by atoms with van der Waals surface area (Å²) < 4.78 is 23.9. The van der Waals surface area contributed by atoms with E-state index in [-0.39, 0.29) is 29.5 Å². The van der Waals surface area contributed by atoms with Gasteiger partial charge in [-0.25, -0.2) is 8.42 Å². The highest BCUT2D eigenvalue weighted by atomic mass is 32.2. The average molecular weight is 371 g/mol. The molecule has 1 amide bonds. The van der Waals surface area contributed by atoms with Gasteiger partial charge in [-0.1, -0.05) is 38.5 Å². The fourth-order valence-corrected chi connectivity index (χ4v) is 6.72. The van der Waals surface area contributed by atoms with Crippen LogP contribution in [0, 0.1) is 0 Å². The predicted molar refractivity (Wildman–Crippen MR) is 100 cm³/mol. The van der Waals surface area contributed by atoms with Crippen LogP contribution in [0.4, 0.5) is 0 Å². The van der Waals surface area contributed by atoms with E-state index >= 15 is 0 Å². The molecule has 0 aromatic carbocycles. The van der Waals surface area contributed by atoms with Gasteiger partial charge in [-0.2, -0.15) is 0 Å². The Balaban J connectivity index is 1.68. The molecule has 1 atom stereocenters. The fraction of sp³-hybridized carbons (Fsp3) is 0.947. The molecule has 3 rings (SSSR count). The second-order valence-corrected chi connectivity index (χ2v) is 10.6. The molecular weight excluding hydrogens is 336 g/mol. The van der Waals surface area contributed by atoms with Crippen molar-refractivity contribution < 1.29 is 13.2 Å². The molecule has 1 saturated heterocycles. The van der Waals surface area contributed by atoms with Gasteiger partial charge in [0.15, 0.2) is 9.84 Å². The zero-order chi connectivity index (χ0) is 17.9. The summed E-state index contributed by atoms with van der Waals surface area (Å²) in [6, 6.07) is 0.665. The van der Waals surface area contributed by atoms with Gasteiger partial charge in [-0.3, -0.25) is 9.69 Å². The van der Waals surface area contributed by atoms with E-state index in [0.29, 0.717) is 19.0 Å². The van der Waals surface area contributed by atoms with E-state index in [0.717, 1.165) is 25.7 Å². The van der Waals surface area contributed by atoms with E-state index in [9.17, 15) is 13.2 Å². The summed E-state index contributed by atoms with van der Waals surface area (Å²) in [6.45, 7) is 0.442. The Morgan fingerprint density at radius 1 is 0.840 bits per heavy atom. The van der Waals surface area contributed by atoms with E-state index < -0.39 is 9.84 Å². The third kappa shape index (κ3) is 4.97. The monoisotopic (exact) mass is 370 g/mol. The number of carbonyl (C=O) groups excluding carboxylic acids is 1. The quantitative estimate of drug-likeness (QED) is 0.746. The minimum atomic E-state index is -2.97. The van der Waals surface area contributed by atoms with Crippen LogP contribution >= 0.6 is 0 Å². The number of hydrogen-bond acceptors (Lipinski definition) is 4. The van der Waals surface area contributed by atoms with Crippen LogP contribution in [0.5, 0.6) is 0 Å². The first-order valence-electron chi connectivity index (χ1n) is 10.2. The van der Waals surface area contributed by atoms with Crippen LogP contribution in [-0.2, 0) is 14.6 Å². The number of carbonyl (C=O) groups is 1. The summed E-state index contributed by atoms with van der Waals surface area (Å²) in [5, 5.41) is 0. The summed E-state index contributed by atoms with van der Waals surface area (Å²) in [4.78, 5) is 17.4. The molecule has 1 heterocycles. The zero-order valence-electron chi connectivity index (χ0n) is 15.7. The van der Waals surface area contributed by atoms with Crippen LogP contribution in [0.1, 0.15) is 70.6 Å². The first-order valence-corrected chi connectivity index (χ1v) is 12.0. The Labute approximate surface area is 153 Å². The molecule has 144 valence electrons. The molecule has 25 heavy (non-hydrogen) atoms. The lowest BCUT2D eigenvalue weighted by atomic mass is 9.92. The van der Waals surface area contributed by atoms with E-state index in [4.69, 9.17) is 0 Å². The standard InChI is InChI=1S/C19H34N2O3S/c1-20(16-8-4-2-5-9-16)14-19(22)21(17-10-6-3-7-11-17)18-12-13-25(23,24)15-18/h16-18H,2-15H2,1H3. The second kappa shape index (κ2) is 8.38. The van der Waals surface area contributed by atoms with Crippen molar-refractivity contribution in [2.24, 2.45) is 0 Å². The van der Waals surface area contributed by atoms with Crippen molar-refractivity contribution in [2.45, 2.75) is 88.8 Å². The minimum Gasteiger partial charge on any atom is -0.335 e. The van der Waals surface area contributed by atoms with Crippen LogP contribution in [0.15, 0.2) is 0 Å². The van der Waals surface area contributed by atoms with Crippen molar-refractivity contribution in [1.29, 1.82) is 0 Å². The van der Waals surface area contributed by atoms with Crippen LogP contribution in [0.25, 0.3) is 0 Å². The first kappa shape index (κ1) is 19.2. The molecule has 6 heteroatoms. The maximum atomic E-state index is 13.2. The smallest absolute Gasteiger partial charge is 0.237 e. The van der Waals surface area contributed by atoms with Crippen LogP contribution < -0.4 is 0 Å². The number of likely N-dealkylation sites (N-methyl/N-ethyl adjacent to an activating group) is 1. The van der Waals surface area contributed by atoms with Crippen LogP contribution in [0.2, 0.25) is 0 Å². The lowest BCUT2D eigenvalue weighted by Gasteiger charge is -2.40. The van der Waals surface area contributed by atoms with Gasteiger partial charge in [0.2, 0.25) is 5.91 Å². The topological polar surface area (TPSA) is 57.7 Å².